The summed E-state index contributed by atoms with van der Waals surface area (Å²) in [7, 11) is 0. The van der Waals surface area contributed by atoms with E-state index in [-0.39, 0.29) is 5.91 Å². The van der Waals surface area contributed by atoms with Crippen LogP contribution >= 0.6 is 0 Å². The quantitative estimate of drug-likeness (QED) is 0.842. The third-order valence-corrected chi connectivity index (χ3v) is 2.88. The fourth-order valence-corrected chi connectivity index (χ4v) is 1.77. The first-order chi connectivity index (χ1) is 7.74. The maximum Gasteiger partial charge on any atom is 0.269 e. The number of hydrogen-bond acceptors (Lipinski definition) is 2. The van der Waals surface area contributed by atoms with Crippen molar-refractivity contribution in [1.29, 1.82) is 0 Å². The summed E-state index contributed by atoms with van der Waals surface area (Å²) >= 11 is 0. The van der Waals surface area contributed by atoms with Crippen molar-refractivity contribution < 1.29 is 4.79 Å². The molecule has 3 nitrogen and oxygen atoms in total. The molecule has 0 unspecified atom stereocenters. The van der Waals surface area contributed by atoms with Crippen LogP contribution in [0.5, 0.6) is 0 Å². The molecule has 3 heteroatoms. The lowest BCUT2D eigenvalue weighted by Gasteiger charge is -2.07. The van der Waals surface area contributed by atoms with Crippen LogP contribution in [0, 0.1) is 0 Å². The molecule has 0 aromatic carbocycles. The second-order valence-corrected chi connectivity index (χ2v) is 4.27. The Hall–Kier alpha value is -1.38. The summed E-state index contributed by atoms with van der Waals surface area (Å²) in [6.45, 7) is 4.67. The van der Waals surface area contributed by atoms with E-state index < -0.39 is 0 Å². The van der Waals surface area contributed by atoms with Crippen LogP contribution < -0.4 is 5.32 Å². The molecule has 0 aliphatic heterocycles. The zero-order chi connectivity index (χ0) is 11.5. The third kappa shape index (κ3) is 2.40. The van der Waals surface area contributed by atoms with Crippen molar-refractivity contribution in [2.45, 2.75) is 39.0 Å². The average molecular weight is 218 g/mol. The molecule has 2 rings (SSSR count). The van der Waals surface area contributed by atoms with Crippen LogP contribution in [-0.2, 0) is 6.42 Å². The summed E-state index contributed by atoms with van der Waals surface area (Å²) in [6.07, 6.45) is 3.39. The van der Waals surface area contributed by atoms with E-state index in [1.807, 2.05) is 13.0 Å². The Kier molecular flexibility index (Phi) is 3.22. The molecule has 0 atom stereocenters. The Labute approximate surface area is 96.3 Å². The molecule has 1 amide bonds. The van der Waals surface area contributed by atoms with Crippen LogP contribution in [0.3, 0.4) is 0 Å². The van der Waals surface area contributed by atoms with Gasteiger partial charge in [-0.2, -0.15) is 0 Å². The zero-order valence-corrected chi connectivity index (χ0v) is 9.92. The molecule has 0 saturated heterocycles. The zero-order valence-electron chi connectivity index (χ0n) is 9.92. The number of carbonyl (C=O) groups excluding carboxylic acids is 1. The molecule has 0 bridgehead atoms. The number of amides is 1. The molecule has 1 saturated carbocycles. The monoisotopic (exact) mass is 218 g/mol. The maximum atomic E-state index is 11.7. The van der Waals surface area contributed by atoms with Crippen LogP contribution in [-0.4, -0.2) is 17.4 Å². The number of carbonyl (C=O) groups is 1. The molecule has 1 aromatic heterocycles. The number of nitrogens with zero attached hydrogens (tertiary/aromatic N) is 1. The van der Waals surface area contributed by atoms with E-state index in [1.165, 1.54) is 18.4 Å². The highest BCUT2D eigenvalue weighted by Crippen LogP contribution is 2.39. The summed E-state index contributed by atoms with van der Waals surface area (Å²) in [5.41, 5.74) is 2.88. The Bertz CT molecular complexity index is 397. The number of hydrogen-bond donors (Lipinski definition) is 1. The van der Waals surface area contributed by atoms with Crippen molar-refractivity contribution >= 4 is 5.91 Å². The predicted molar refractivity (Wildman–Crippen MR) is 63.6 cm³/mol. The molecule has 16 heavy (non-hydrogen) atoms. The molecule has 0 spiro atoms. The molecule has 1 fully saturated rings. The number of rotatable bonds is 4. The fourth-order valence-electron chi connectivity index (χ4n) is 1.77. The summed E-state index contributed by atoms with van der Waals surface area (Å²) in [5.74, 6) is 0.541. The van der Waals surface area contributed by atoms with Crippen molar-refractivity contribution in [3.8, 4) is 0 Å². The van der Waals surface area contributed by atoms with Crippen LogP contribution in [0.15, 0.2) is 12.1 Å². The van der Waals surface area contributed by atoms with Gasteiger partial charge in [0.05, 0.1) is 0 Å². The summed E-state index contributed by atoms with van der Waals surface area (Å²) < 4.78 is 0. The highest BCUT2D eigenvalue weighted by atomic mass is 16.1. The molecule has 1 aliphatic carbocycles. The van der Waals surface area contributed by atoms with Gasteiger partial charge in [-0.05, 0) is 43.9 Å². The van der Waals surface area contributed by atoms with Crippen LogP contribution in [0.1, 0.15) is 54.4 Å². The highest BCUT2D eigenvalue weighted by Gasteiger charge is 2.26. The number of aryl methyl sites for hydroxylation is 1. The van der Waals surface area contributed by atoms with Crippen LogP contribution in [0.4, 0.5) is 0 Å². The van der Waals surface area contributed by atoms with Gasteiger partial charge in [-0.3, -0.25) is 4.79 Å². The van der Waals surface area contributed by atoms with Gasteiger partial charge in [0, 0.05) is 18.2 Å². The predicted octanol–water partition coefficient (Wildman–Crippen LogP) is 2.27. The SMILES string of the molecule is CCNC(=O)c1cc(CC)cc(C2CC2)n1. The number of pyridine rings is 1. The second-order valence-electron chi connectivity index (χ2n) is 4.27. The Morgan fingerprint density at radius 2 is 2.19 bits per heavy atom. The molecule has 1 heterocycles. The lowest BCUT2D eigenvalue weighted by atomic mass is 10.1. The number of aromatic nitrogens is 1. The lowest BCUT2D eigenvalue weighted by molar-refractivity contribution is 0.0950. The van der Waals surface area contributed by atoms with Crippen LogP contribution in [0.2, 0.25) is 0 Å². The Morgan fingerprint density at radius 3 is 2.75 bits per heavy atom. The van der Waals surface area contributed by atoms with E-state index in [1.54, 1.807) is 0 Å². The standard InChI is InChI=1S/C13H18N2O/c1-3-9-7-11(10-5-6-10)15-12(8-9)13(16)14-4-2/h7-8,10H,3-6H2,1-2H3,(H,14,16). The lowest BCUT2D eigenvalue weighted by Crippen LogP contribution is -2.24. The Balaban J connectivity index is 2.28. The normalized spacial score (nSPS) is 14.9. The summed E-state index contributed by atoms with van der Waals surface area (Å²) in [4.78, 5) is 16.2. The topological polar surface area (TPSA) is 42.0 Å². The van der Waals surface area contributed by atoms with Gasteiger partial charge in [-0.25, -0.2) is 4.98 Å². The summed E-state index contributed by atoms with van der Waals surface area (Å²) in [6, 6.07) is 4.04. The van der Waals surface area contributed by atoms with Gasteiger partial charge in [0.1, 0.15) is 5.69 Å². The van der Waals surface area contributed by atoms with Gasteiger partial charge in [-0.1, -0.05) is 6.92 Å². The first kappa shape index (κ1) is 11.1. The number of nitrogens with one attached hydrogen (secondary N) is 1. The van der Waals surface area contributed by atoms with Crippen molar-refractivity contribution in [3.05, 3.63) is 29.1 Å². The molecular weight excluding hydrogens is 200 g/mol. The van der Waals surface area contributed by atoms with E-state index >= 15 is 0 Å². The van der Waals surface area contributed by atoms with Gasteiger partial charge >= 0.3 is 0 Å². The van der Waals surface area contributed by atoms with Crippen molar-refractivity contribution in [2.24, 2.45) is 0 Å². The van der Waals surface area contributed by atoms with E-state index in [0.29, 0.717) is 18.2 Å². The van der Waals surface area contributed by atoms with E-state index in [4.69, 9.17) is 0 Å². The van der Waals surface area contributed by atoms with E-state index in [0.717, 1.165) is 12.1 Å². The van der Waals surface area contributed by atoms with Crippen molar-refractivity contribution in [2.75, 3.05) is 6.54 Å². The van der Waals surface area contributed by atoms with Gasteiger partial charge in [0.2, 0.25) is 0 Å². The largest absolute Gasteiger partial charge is 0.351 e. The maximum absolute atomic E-state index is 11.7. The molecule has 1 aromatic rings. The molecular formula is C13H18N2O. The third-order valence-electron chi connectivity index (χ3n) is 2.88. The minimum absolute atomic E-state index is 0.0558. The first-order valence-corrected chi connectivity index (χ1v) is 6.03. The highest BCUT2D eigenvalue weighted by molar-refractivity contribution is 5.92. The van der Waals surface area contributed by atoms with Gasteiger partial charge in [0.25, 0.3) is 5.91 Å². The molecule has 1 aliphatic rings. The second kappa shape index (κ2) is 4.64. The van der Waals surface area contributed by atoms with Crippen molar-refractivity contribution in [1.82, 2.24) is 10.3 Å². The Morgan fingerprint density at radius 1 is 1.44 bits per heavy atom. The van der Waals surface area contributed by atoms with Gasteiger partial charge in [-0.15, -0.1) is 0 Å². The van der Waals surface area contributed by atoms with Crippen molar-refractivity contribution in [3.63, 3.8) is 0 Å². The first-order valence-electron chi connectivity index (χ1n) is 6.03. The molecule has 1 N–H and O–H groups in total. The average Bonchev–Trinajstić information content (AvgIpc) is 3.12. The summed E-state index contributed by atoms with van der Waals surface area (Å²) in [5, 5.41) is 2.80. The van der Waals surface area contributed by atoms with Gasteiger partial charge in [0.15, 0.2) is 0 Å². The smallest absolute Gasteiger partial charge is 0.269 e. The fraction of sp³-hybridized carbons (Fsp3) is 0.538. The minimum Gasteiger partial charge on any atom is -0.351 e. The minimum atomic E-state index is -0.0558. The van der Waals surface area contributed by atoms with Gasteiger partial charge < -0.3 is 5.32 Å². The van der Waals surface area contributed by atoms with E-state index in [2.05, 4.69) is 23.3 Å². The molecule has 86 valence electrons. The molecule has 0 radical (unpaired) electrons. The van der Waals surface area contributed by atoms with E-state index in [9.17, 15) is 4.79 Å². The van der Waals surface area contributed by atoms with Crippen LogP contribution in [0.25, 0.3) is 0 Å².